The Morgan fingerprint density at radius 1 is 0.889 bits per heavy atom. The maximum absolute atomic E-state index is 9.82. The number of rotatable bonds is 1. The zero-order valence-corrected chi connectivity index (χ0v) is 16.2. The molecule has 2 N–H and O–H groups in total. The zero-order valence-electron chi connectivity index (χ0n) is 13.9. The Morgan fingerprint density at radius 2 is 1.52 bits per heavy atom. The number of nitrogens with two attached hydrogens (primary N) is 1. The van der Waals surface area contributed by atoms with E-state index in [1.165, 1.54) is 0 Å². The van der Waals surface area contributed by atoms with E-state index in [1.54, 1.807) is 23.9 Å². The van der Waals surface area contributed by atoms with Gasteiger partial charge in [0.15, 0.2) is 0 Å². The van der Waals surface area contributed by atoms with Gasteiger partial charge in [-0.2, -0.15) is 10.5 Å². The summed E-state index contributed by atoms with van der Waals surface area (Å²) in [6, 6.07) is 17.6. The van der Waals surface area contributed by atoms with Crippen molar-refractivity contribution in [2.45, 2.75) is 10.6 Å². The van der Waals surface area contributed by atoms with Crippen molar-refractivity contribution < 1.29 is 0 Å². The molecule has 0 saturated carbocycles. The Balaban J connectivity index is 2.20. The van der Waals surface area contributed by atoms with Gasteiger partial charge in [-0.15, -0.1) is 11.8 Å². The number of thioether (sulfide) groups is 1. The summed E-state index contributed by atoms with van der Waals surface area (Å²) >= 11 is 14.3. The van der Waals surface area contributed by atoms with Crippen molar-refractivity contribution in [3.05, 3.63) is 69.2 Å². The molecule has 0 saturated heterocycles. The first-order valence-corrected chi connectivity index (χ1v) is 9.77. The molecule has 0 atom stereocenters. The fraction of sp³-hybridized carbons (Fsp3) is 0.0476. The topological polar surface area (TPSA) is 73.6 Å². The summed E-state index contributed by atoms with van der Waals surface area (Å²) in [5.41, 5.74) is 10.9. The number of anilines is 1. The van der Waals surface area contributed by atoms with Gasteiger partial charge < -0.3 is 5.73 Å². The van der Waals surface area contributed by atoms with Crippen LogP contribution in [0.15, 0.2) is 47.4 Å². The van der Waals surface area contributed by atoms with Crippen LogP contribution < -0.4 is 5.73 Å². The second-order valence-electron chi connectivity index (χ2n) is 6.00. The van der Waals surface area contributed by atoms with Gasteiger partial charge in [-0.25, -0.2) is 0 Å². The fourth-order valence-electron chi connectivity index (χ4n) is 3.44. The molecule has 4 rings (SSSR count). The number of nitriles is 2. The lowest BCUT2D eigenvalue weighted by molar-refractivity contribution is 1.29. The maximum Gasteiger partial charge on any atom is 0.102 e. The minimum Gasteiger partial charge on any atom is -0.397 e. The van der Waals surface area contributed by atoms with Crippen LogP contribution in [0.1, 0.15) is 16.7 Å². The molecule has 3 aromatic carbocycles. The van der Waals surface area contributed by atoms with Gasteiger partial charge in [0, 0.05) is 27.3 Å². The number of fused-ring (bicyclic) bond motifs is 3. The van der Waals surface area contributed by atoms with Gasteiger partial charge in [-0.05, 0) is 23.3 Å². The van der Waals surface area contributed by atoms with Crippen molar-refractivity contribution in [3.8, 4) is 34.4 Å². The highest BCUT2D eigenvalue weighted by Gasteiger charge is 2.29. The molecule has 0 aromatic heterocycles. The van der Waals surface area contributed by atoms with Crippen LogP contribution in [-0.4, -0.2) is 0 Å². The Kier molecular flexibility index (Phi) is 4.50. The number of benzene rings is 3. The van der Waals surface area contributed by atoms with Crippen LogP contribution >= 0.6 is 35.0 Å². The number of hydrogen-bond donors (Lipinski definition) is 1. The summed E-state index contributed by atoms with van der Waals surface area (Å²) in [6.07, 6.45) is 0. The van der Waals surface area contributed by atoms with E-state index in [4.69, 9.17) is 28.9 Å². The third-order valence-corrected chi connectivity index (χ3v) is 6.53. The average molecular weight is 408 g/mol. The molecule has 1 heterocycles. The Bertz CT molecular complexity index is 1190. The van der Waals surface area contributed by atoms with Crippen molar-refractivity contribution in [2.75, 3.05) is 5.73 Å². The summed E-state index contributed by atoms with van der Waals surface area (Å²) < 4.78 is 0. The van der Waals surface area contributed by atoms with Crippen LogP contribution in [0.4, 0.5) is 5.69 Å². The lowest BCUT2D eigenvalue weighted by atomic mass is 9.84. The molecular weight excluding hydrogens is 397 g/mol. The SMILES string of the molecule is N#Cc1c(N)c(C#N)c(-c2cccc(Cl)c2Cl)c2c1-c1ccccc1SC2. The predicted molar refractivity (Wildman–Crippen MR) is 111 cm³/mol. The van der Waals surface area contributed by atoms with Crippen LogP contribution in [-0.2, 0) is 5.75 Å². The first kappa shape index (κ1) is 17.8. The molecule has 1 aliphatic rings. The number of nitrogen functional groups attached to an aromatic ring is 1. The van der Waals surface area contributed by atoms with Crippen LogP contribution in [0.3, 0.4) is 0 Å². The third kappa shape index (κ3) is 2.66. The average Bonchev–Trinajstić information content (AvgIpc) is 2.69. The van der Waals surface area contributed by atoms with E-state index in [-0.39, 0.29) is 11.3 Å². The quantitative estimate of drug-likeness (QED) is 0.483. The smallest absolute Gasteiger partial charge is 0.102 e. The van der Waals surface area contributed by atoms with Gasteiger partial charge in [0.05, 0.1) is 26.9 Å². The van der Waals surface area contributed by atoms with Gasteiger partial charge >= 0.3 is 0 Å². The summed E-state index contributed by atoms with van der Waals surface area (Å²) in [6.45, 7) is 0. The van der Waals surface area contributed by atoms with Crippen LogP contribution in [0.5, 0.6) is 0 Å². The van der Waals surface area contributed by atoms with Crippen molar-refractivity contribution in [2.24, 2.45) is 0 Å². The molecule has 0 unspecified atom stereocenters. The van der Waals surface area contributed by atoms with Crippen LogP contribution in [0.2, 0.25) is 10.0 Å². The second kappa shape index (κ2) is 6.83. The summed E-state index contributed by atoms with van der Waals surface area (Å²) in [7, 11) is 0. The Labute approximate surface area is 170 Å². The zero-order chi connectivity index (χ0) is 19.1. The van der Waals surface area contributed by atoms with E-state index in [0.29, 0.717) is 32.5 Å². The Hall–Kier alpha value is -2.63. The van der Waals surface area contributed by atoms with Crippen molar-refractivity contribution in [1.29, 1.82) is 10.5 Å². The first-order chi connectivity index (χ1) is 13.1. The van der Waals surface area contributed by atoms with Gasteiger partial charge in [-0.1, -0.05) is 53.5 Å². The minimum absolute atomic E-state index is 0.173. The van der Waals surface area contributed by atoms with E-state index >= 15 is 0 Å². The number of hydrogen-bond acceptors (Lipinski definition) is 4. The van der Waals surface area contributed by atoms with Crippen molar-refractivity contribution in [1.82, 2.24) is 0 Å². The highest BCUT2D eigenvalue weighted by Crippen LogP contribution is 2.51. The van der Waals surface area contributed by atoms with E-state index < -0.39 is 0 Å². The number of nitrogens with zero attached hydrogens (tertiary/aromatic N) is 2. The first-order valence-electron chi connectivity index (χ1n) is 8.03. The maximum atomic E-state index is 9.82. The third-order valence-electron chi connectivity index (χ3n) is 4.62. The molecule has 6 heteroatoms. The van der Waals surface area contributed by atoms with E-state index in [1.807, 2.05) is 30.3 Å². The fourth-order valence-corrected chi connectivity index (χ4v) is 4.92. The summed E-state index contributed by atoms with van der Waals surface area (Å²) in [5.74, 6) is 0.605. The van der Waals surface area contributed by atoms with Gasteiger partial charge in [-0.3, -0.25) is 0 Å². The molecule has 0 aliphatic carbocycles. The van der Waals surface area contributed by atoms with Crippen molar-refractivity contribution in [3.63, 3.8) is 0 Å². The van der Waals surface area contributed by atoms with E-state index in [9.17, 15) is 10.5 Å². The molecule has 3 nitrogen and oxygen atoms in total. The summed E-state index contributed by atoms with van der Waals surface area (Å²) in [5, 5.41) is 20.4. The molecule has 0 spiro atoms. The molecule has 130 valence electrons. The second-order valence-corrected chi connectivity index (χ2v) is 7.80. The molecule has 1 aliphatic heterocycles. The molecular formula is C21H11Cl2N3S. The van der Waals surface area contributed by atoms with Crippen LogP contribution in [0, 0.1) is 22.7 Å². The molecule has 0 amide bonds. The molecule has 3 aromatic rings. The standard InChI is InChI=1S/C21H11Cl2N3S/c22-16-6-3-5-12(20(16)23)19-14(9-25)21(26)13(8-24)18-11-4-1-2-7-17(11)27-10-15(18)19/h1-7H,10,26H2. The summed E-state index contributed by atoms with van der Waals surface area (Å²) in [4.78, 5) is 1.08. The van der Waals surface area contributed by atoms with E-state index in [2.05, 4.69) is 12.1 Å². The van der Waals surface area contributed by atoms with Crippen molar-refractivity contribution >= 4 is 40.7 Å². The molecule has 0 bridgehead atoms. The Morgan fingerprint density at radius 3 is 2.22 bits per heavy atom. The lowest BCUT2D eigenvalue weighted by Crippen LogP contribution is -2.08. The predicted octanol–water partition coefficient (Wildman–Crippen LogP) is 6.26. The van der Waals surface area contributed by atoms with Gasteiger partial charge in [0.1, 0.15) is 12.1 Å². The van der Waals surface area contributed by atoms with Gasteiger partial charge in [0.25, 0.3) is 0 Å². The minimum atomic E-state index is 0.173. The highest BCUT2D eigenvalue weighted by molar-refractivity contribution is 7.98. The molecule has 0 radical (unpaired) electrons. The van der Waals surface area contributed by atoms with E-state index in [0.717, 1.165) is 21.6 Å². The largest absolute Gasteiger partial charge is 0.397 e. The normalized spacial score (nSPS) is 11.9. The highest BCUT2D eigenvalue weighted by atomic mass is 35.5. The lowest BCUT2D eigenvalue weighted by Gasteiger charge is -2.26. The van der Waals surface area contributed by atoms with Crippen LogP contribution in [0.25, 0.3) is 22.3 Å². The molecule has 27 heavy (non-hydrogen) atoms. The monoisotopic (exact) mass is 407 g/mol. The molecule has 0 fully saturated rings. The number of halogens is 2. The van der Waals surface area contributed by atoms with Gasteiger partial charge in [0.2, 0.25) is 0 Å².